The third-order valence-corrected chi connectivity index (χ3v) is 4.12. The molecule has 0 aliphatic carbocycles. The molecule has 2 amide bonds. The minimum atomic E-state index is -0.308. The van der Waals surface area contributed by atoms with Crippen LogP contribution in [0.25, 0.3) is 0 Å². The van der Waals surface area contributed by atoms with Crippen molar-refractivity contribution in [3.8, 4) is 5.75 Å². The van der Waals surface area contributed by atoms with Gasteiger partial charge >= 0.3 is 11.7 Å². The molecule has 25 heavy (non-hydrogen) atoms. The Morgan fingerprint density at radius 2 is 2.16 bits per heavy atom. The summed E-state index contributed by atoms with van der Waals surface area (Å²) in [6.07, 6.45) is 1.01. The minimum Gasteiger partial charge on any atom is -0.490 e. The van der Waals surface area contributed by atoms with E-state index in [9.17, 15) is 9.59 Å². The molecule has 7 nitrogen and oxygen atoms in total. The summed E-state index contributed by atoms with van der Waals surface area (Å²) in [6.45, 7) is 6.36. The second-order valence-electron chi connectivity index (χ2n) is 6.31. The second kappa shape index (κ2) is 6.96. The number of hydrogen-bond acceptors (Lipinski definition) is 4. The average molecular weight is 342 g/mol. The van der Waals surface area contributed by atoms with Crippen molar-refractivity contribution < 1.29 is 9.53 Å². The van der Waals surface area contributed by atoms with Crippen LogP contribution in [-0.4, -0.2) is 28.2 Å². The summed E-state index contributed by atoms with van der Waals surface area (Å²) in [7, 11) is 0. The molecule has 0 bridgehead atoms. The van der Waals surface area contributed by atoms with E-state index < -0.39 is 0 Å². The minimum absolute atomic E-state index is 0.170. The van der Waals surface area contributed by atoms with Crippen molar-refractivity contribution >= 4 is 11.7 Å². The fourth-order valence-corrected chi connectivity index (χ4v) is 3.00. The first kappa shape index (κ1) is 17.0. The molecular formula is C18H22N4O3. The van der Waals surface area contributed by atoms with Gasteiger partial charge in [-0.3, -0.25) is 4.57 Å². The van der Waals surface area contributed by atoms with Gasteiger partial charge in [-0.05, 0) is 50.6 Å². The molecule has 7 heteroatoms. The number of nitrogens with zero attached hydrogens (tertiary/aromatic N) is 2. The summed E-state index contributed by atoms with van der Waals surface area (Å²) in [5.74, 6) is 0.875. The van der Waals surface area contributed by atoms with Gasteiger partial charge in [0.25, 0.3) is 0 Å². The van der Waals surface area contributed by atoms with Crippen molar-refractivity contribution in [3.05, 3.63) is 51.7 Å². The number of carbonyl (C=O) groups excluding carboxylic acids is 1. The maximum absolute atomic E-state index is 12.0. The van der Waals surface area contributed by atoms with Crippen LogP contribution in [-0.2, 0) is 13.0 Å². The highest BCUT2D eigenvalue weighted by Gasteiger charge is 2.19. The highest BCUT2D eigenvalue weighted by atomic mass is 16.5. The number of aromatic nitrogens is 2. The molecule has 132 valence electrons. The van der Waals surface area contributed by atoms with Gasteiger partial charge in [-0.2, -0.15) is 4.98 Å². The van der Waals surface area contributed by atoms with Crippen LogP contribution in [0.5, 0.6) is 5.75 Å². The number of aryl methyl sites for hydroxylation is 2. The van der Waals surface area contributed by atoms with Crippen molar-refractivity contribution in [2.24, 2.45) is 0 Å². The smallest absolute Gasteiger partial charge is 0.348 e. The third-order valence-electron chi connectivity index (χ3n) is 4.12. The first-order chi connectivity index (χ1) is 11.9. The van der Waals surface area contributed by atoms with Gasteiger partial charge in [0.1, 0.15) is 11.9 Å². The van der Waals surface area contributed by atoms with Crippen LogP contribution in [0, 0.1) is 13.8 Å². The van der Waals surface area contributed by atoms with E-state index in [2.05, 4.69) is 15.6 Å². The molecule has 0 fully saturated rings. The summed E-state index contributed by atoms with van der Waals surface area (Å²) in [5, 5.41) is 5.56. The topological polar surface area (TPSA) is 85.3 Å². The molecule has 2 N–H and O–H groups in total. The van der Waals surface area contributed by atoms with Gasteiger partial charge in [0.05, 0.1) is 0 Å². The van der Waals surface area contributed by atoms with Crippen molar-refractivity contribution in [1.82, 2.24) is 14.9 Å². The van der Waals surface area contributed by atoms with Crippen LogP contribution in [0.15, 0.2) is 29.1 Å². The van der Waals surface area contributed by atoms with Crippen molar-refractivity contribution in [2.75, 3.05) is 11.9 Å². The lowest BCUT2D eigenvalue weighted by Gasteiger charge is -2.11. The maximum Gasteiger partial charge on any atom is 0.348 e. The molecule has 1 aromatic carbocycles. The Morgan fingerprint density at radius 3 is 2.92 bits per heavy atom. The number of fused-ring (bicyclic) bond motifs is 1. The Morgan fingerprint density at radius 1 is 1.36 bits per heavy atom. The molecule has 1 aliphatic heterocycles. The molecule has 0 radical (unpaired) electrons. The molecule has 1 aliphatic rings. The molecule has 3 rings (SSSR count). The number of carbonyl (C=O) groups is 1. The number of ether oxygens (including phenoxy) is 1. The van der Waals surface area contributed by atoms with E-state index in [1.54, 1.807) is 11.5 Å². The molecule has 2 heterocycles. The van der Waals surface area contributed by atoms with Crippen molar-refractivity contribution in [2.45, 2.75) is 39.8 Å². The van der Waals surface area contributed by atoms with E-state index in [4.69, 9.17) is 4.74 Å². The number of urea groups is 1. The fourth-order valence-electron chi connectivity index (χ4n) is 3.00. The van der Waals surface area contributed by atoms with E-state index in [0.717, 1.165) is 29.1 Å². The molecule has 0 spiro atoms. The van der Waals surface area contributed by atoms with Gasteiger partial charge in [0.15, 0.2) is 0 Å². The van der Waals surface area contributed by atoms with Crippen molar-refractivity contribution in [3.63, 3.8) is 0 Å². The van der Waals surface area contributed by atoms with Gasteiger partial charge < -0.3 is 15.4 Å². The summed E-state index contributed by atoms with van der Waals surface area (Å²) >= 11 is 0. The predicted molar refractivity (Wildman–Crippen MR) is 95.2 cm³/mol. The standard InChI is InChI=1S/C18H22N4O3/c1-11-8-12(2)22(18(24)20-11)7-6-19-17(23)21-15-4-5-16-14(10-15)9-13(3)25-16/h4-5,8,10,13H,6-7,9H2,1-3H3,(H2,19,21,23)/t13-/m0/s1. The quantitative estimate of drug-likeness (QED) is 0.890. The summed E-state index contributed by atoms with van der Waals surface area (Å²) in [6, 6.07) is 7.15. The first-order valence-corrected chi connectivity index (χ1v) is 8.32. The van der Waals surface area contributed by atoms with Crippen LogP contribution < -0.4 is 21.1 Å². The van der Waals surface area contributed by atoms with Gasteiger partial charge in [0.2, 0.25) is 0 Å². The zero-order chi connectivity index (χ0) is 18.0. The number of anilines is 1. The Hall–Kier alpha value is -2.83. The lowest BCUT2D eigenvalue weighted by Crippen LogP contribution is -2.35. The number of amides is 2. The average Bonchev–Trinajstić information content (AvgIpc) is 2.89. The Kier molecular flexibility index (Phi) is 4.74. The molecule has 2 aromatic rings. The second-order valence-corrected chi connectivity index (χ2v) is 6.31. The molecule has 0 saturated heterocycles. The van der Waals surface area contributed by atoms with E-state index in [0.29, 0.717) is 18.8 Å². The van der Waals surface area contributed by atoms with Gasteiger partial charge in [-0.1, -0.05) is 0 Å². The Bertz CT molecular complexity index is 860. The number of benzene rings is 1. The van der Waals surface area contributed by atoms with Crippen molar-refractivity contribution in [1.29, 1.82) is 0 Å². The van der Waals surface area contributed by atoms with Gasteiger partial charge in [0, 0.05) is 36.6 Å². The third kappa shape index (κ3) is 3.99. The van der Waals surface area contributed by atoms with Gasteiger partial charge in [-0.15, -0.1) is 0 Å². The van der Waals surface area contributed by atoms with Crippen LogP contribution in [0.1, 0.15) is 23.9 Å². The van der Waals surface area contributed by atoms with E-state index >= 15 is 0 Å². The molecule has 1 aromatic heterocycles. The van der Waals surface area contributed by atoms with E-state index in [1.165, 1.54) is 0 Å². The summed E-state index contributed by atoms with van der Waals surface area (Å²) in [5.41, 5.74) is 3.04. The highest BCUT2D eigenvalue weighted by Crippen LogP contribution is 2.30. The SMILES string of the molecule is Cc1cc(C)n(CCNC(=O)Nc2ccc3c(c2)C[C@H](C)O3)c(=O)n1. The molecule has 1 atom stereocenters. The van der Waals surface area contributed by atoms with Crippen LogP contribution >= 0.6 is 0 Å². The lowest BCUT2D eigenvalue weighted by atomic mass is 10.1. The van der Waals surface area contributed by atoms with Gasteiger partial charge in [-0.25, -0.2) is 9.59 Å². The normalized spacial score (nSPS) is 15.4. The number of nitrogens with one attached hydrogen (secondary N) is 2. The monoisotopic (exact) mass is 342 g/mol. The summed E-state index contributed by atoms with van der Waals surface area (Å²) in [4.78, 5) is 27.8. The first-order valence-electron chi connectivity index (χ1n) is 8.32. The molecule has 0 saturated carbocycles. The van der Waals surface area contributed by atoms with Crippen LogP contribution in [0.3, 0.4) is 0 Å². The number of hydrogen-bond donors (Lipinski definition) is 2. The predicted octanol–water partition coefficient (Wildman–Crippen LogP) is 2.01. The van der Waals surface area contributed by atoms with Crippen LogP contribution in [0.4, 0.5) is 10.5 Å². The molecule has 0 unspecified atom stereocenters. The lowest BCUT2D eigenvalue weighted by molar-refractivity contribution is 0.251. The summed E-state index contributed by atoms with van der Waals surface area (Å²) < 4.78 is 7.19. The Balaban J connectivity index is 1.54. The van der Waals surface area contributed by atoms with Crippen LogP contribution in [0.2, 0.25) is 0 Å². The maximum atomic E-state index is 12.0. The van der Waals surface area contributed by atoms with E-state index in [-0.39, 0.29) is 17.8 Å². The zero-order valence-corrected chi connectivity index (χ0v) is 14.6. The van der Waals surface area contributed by atoms with E-state index in [1.807, 2.05) is 38.1 Å². The fraction of sp³-hybridized carbons (Fsp3) is 0.389. The highest BCUT2D eigenvalue weighted by molar-refractivity contribution is 5.89. The number of rotatable bonds is 4. The largest absolute Gasteiger partial charge is 0.490 e. The molecular weight excluding hydrogens is 320 g/mol. The zero-order valence-electron chi connectivity index (χ0n) is 14.6. The Labute approximate surface area is 146 Å².